The van der Waals surface area contributed by atoms with Crippen LogP contribution in [0.15, 0.2) is 18.2 Å². The molecule has 28 heavy (non-hydrogen) atoms. The van der Waals surface area contributed by atoms with E-state index in [-0.39, 0.29) is 18.1 Å². The minimum Gasteiger partial charge on any atom is -0.444 e. The Bertz CT molecular complexity index is 699. The van der Waals surface area contributed by atoms with Gasteiger partial charge >= 0.3 is 6.09 Å². The molecule has 0 spiro atoms. The normalized spacial score (nSPS) is 19.0. The van der Waals surface area contributed by atoms with Gasteiger partial charge in [0.1, 0.15) is 5.60 Å². The van der Waals surface area contributed by atoms with Crippen LogP contribution in [0.4, 0.5) is 10.5 Å². The van der Waals surface area contributed by atoms with Crippen molar-refractivity contribution >= 4 is 17.7 Å². The van der Waals surface area contributed by atoms with Crippen LogP contribution in [0, 0.1) is 13.8 Å². The molecule has 1 aliphatic heterocycles. The Kier molecular flexibility index (Phi) is 7.43. The van der Waals surface area contributed by atoms with Gasteiger partial charge in [-0.05, 0) is 53.2 Å². The molecule has 7 heteroatoms. The number of nitrogens with zero attached hydrogens (tertiary/aromatic N) is 1. The Hall–Kier alpha value is -2.12. The van der Waals surface area contributed by atoms with Crippen molar-refractivity contribution in [1.82, 2.24) is 10.2 Å². The average Bonchev–Trinajstić information content (AvgIpc) is 2.60. The van der Waals surface area contributed by atoms with Gasteiger partial charge in [-0.25, -0.2) is 4.79 Å². The summed E-state index contributed by atoms with van der Waals surface area (Å²) in [5, 5.41) is 5.75. The second-order valence-electron chi connectivity index (χ2n) is 8.35. The maximum absolute atomic E-state index is 12.7. The molecule has 1 aromatic carbocycles. The van der Waals surface area contributed by atoms with E-state index < -0.39 is 11.7 Å². The number of anilines is 1. The number of alkyl carbamates (subject to hydrolysis) is 1. The van der Waals surface area contributed by atoms with Gasteiger partial charge in [-0.2, -0.15) is 0 Å². The third-order valence-electron chi connectivity index (χ3n) is 4.61. The molecule has 7 nitrogen and oxygen atoms in total. The van der Waals surface area contributed by atoms with E-state index in [0.717, 1.165) is 16.8 Å². The summed E-state index contributed by atoms with van der Waals surface area (Å²) in [6.45, 7) is 13.5. The van der Waals surface area contributed by atoms with Crippen LogP contribution in [-0.2, 0) is 14.3 Å². The molecule has 2 atom stereocenters. The van der Waals surface area contributed by atoms with Gasteiger partial charge in [-0.3, -0.25) is 9.69 Å². The van der Waals surface area contributed by atoms with Crippen LogP contribution in [0.1, 0.15) is 38.8 Å². The third kappa shape index (κ3) is 6.80. The van der Waals surface area contributed by atoms with E-state index in [1.807, 2.05) is 59.7 Å². The molecule has 1 heterocycles. The van der Waals surface area contributed by atoms with Crippen molar-refractivity contribution in [3.05, 3.63) is 29.3 Å². The van der Waals surface area contributed by atoms with Crippen molar-refractivity contribution < 1.29 is 19.1 Å². The Labute approximate surface area is 167 Å². The molecule has 1 aliphatic rings. The zero-order valence-corrected chi connectivity index (χ0v) is 17.8. The number of amides is 2. The molecule has 0 bridgehead atoms. The van der Waals surface area contributed by atoms with E-state index in [0.29, 0.717) is 26.2 Å². The van der Waals surface area contributed by atoms with Gasteiger partial charge in [-0.1, -0.05) is 17.7 Å². The predicted octanol–water partition coefficient (Wildman–Crippen LogP) is 2.86. The summed E-state index contributed by atoms with van der Waals surface area (Å²) in [7, 11) is 0. The highest BCUT2D eigenvalue weighted by Gasteiger charge is 2.28. The molecule has 0 aliphatic carbocycles. The Morgan fingerprint density at radius 1 is 1.32 bits per heavy atom. The van der Waals surface area contributed by atoms with Crippen LogP contribution in [0.2, 0.25) is 0 Å². The number of carbonyl (C=O) groups excluding carboxylic acids is 2. The van der Waals surface area contributed by atoms with Crippen LogP contribution in [-0.4, -0.2) is 60.9 Å². The maximum Gasteiger partial charge on any atom is 0.407 e. The Morgan fingerprint density at radius 3 is 2.68 bits per heavy atom. The largest absolute Gasteiger partial charge is 0.444 e. The first kappa shape index (κ1) is 22.2. The summed E-state index contributed by atoms with van der Waals surface area (Å²) >= 11 is 0. The number of rotatable bonds is 5. The monoisotopic (exact) mass is 391 g/mol. The van der Waals surface area contributed by atoms with Gasteiger partial charge in [0, 0.05) is 25.3 Å². The molecule has 2 amide bonds. The number of hydrogen-bond acceptors (Lipinski definition) is 5. The fraction of sp³-hybridized carbons (Fsp3) is 0.619. The van der Waals surface area contributed by atoms with E-state index >= 15 is 0 Å². The molecule has 156 valence electrons. The van der Waals surface area contributed by atoms with Crippen molar-refractivity contribution in [3.8, 4) is 0 Å². The van der Waals surface area contributed by atoms with Crippen molar-refractivity contribution in [2.45, 2.75) is 59.3 Å². The van der Waals surface area contributed by atoms with Crippen LogP contribution < -0.4 is 10.6 Å². The van der Waals surface area contributed by atoms with Gasteiger partial charge in [-0.15, -0.1) is 0 Å². The first-order chi connectivity index (χ1) is 13.0. The first-order valence-corrected chi connectivity index (χ1v) is 9.76. The van der Waals surface area contributed by atoms with Crippen LogP contribution in [0.5, 0.6) is 0 Å². The molecule has 1 fully saturated rings. The lowest BCUT2D eigenvalue weighted by molar-refractivity contribution is -0.124. The van der Waals surface area contributed by atoms with Gasteiger partial charge in [0.05, 0.1) is 18.8 Å². The summed E-state index contributed by atoms with van der Waals surface area (Å²) in [6, 6.07) is 5.67. The molecule has 1 aromatic rings. The fourth-order valence-electron chi connectivity index (χ4n) is 3.09. The standard InChI is InChI=1S/C21H33N3O4/c1-14-7-8-18(15(2)11-14)23-19(25)16(3)24-9-10-27-17(13-24)12-22-20(26)28-21(4,5)6/h7-8,11,16-17H,9-10,12-13H2,1-6H3,(H,22,26)(H,23,25)/t16-,17-/m0/s1. The molecule has 0 unspecified atom stereocenters. The third-order valence-corrected chi connectivity index (χ3v) is 4.61. The highest BCUT2D eigenvalue weighted by Crippen LogP contribution is 2.17. The van der Waals surface area contributed by atoms with Crippen LogP contribution >= 0.6 is 0 Å². The lowest BCUT2D eigenvalue weighted by Crippen LogP contribution is -2.53. The number of morpholine rings is 1. The second kappa shape index (κ2) is 9.39. The number of nitrogens with one attached hydrogen (secondary N) is 2. The fourth-order valence-corrected chi connectivity index (χ4v) is 3.09. The summed E-state index contributed by atoms with van der Waals surface area (Å²) in [6.07, 6.45) is -0.647. The highest BCUT2D eigenvalue weighted by molar-refractivity contribution is 5.95. The molecule has 0 aromatic heterocycles. The van der Waals surface area contributed by atoms with E-state index in [1.165, 1.54) is 0 Å². The molecule has 1 saturated heterocycles. The maximum atomic E-state index is 12.7. The van der Waals surface area contributed by atoms with E-state index in [1.54, 1.807) is 0 Å². The minimum atomic E-state index is -0.537. The topological polar surface area (TPSA) is 79.9 Å². The molecule has 0 radical (unpaired) electrons. The number of benzene rings is 1. The van der Waals surface area contributed by atoms with E-state index in [4.69, 9.17) is 9.47 Å². The van der Waals surface area contributed by atoms with Crippen LogP contribution in [0.25, 0.3) is 0 Å². The lowest BCUT2D eigenvalue weighted by atomic mass is 10.1. The number of ether oxygens (including phenoxy) is 2. The highest BCUT2D eigenvalue weighted by atomic mass is 16.6. The van der Waals surface area contributed by atoms with Gasteiger partial charge in [0.25, 0.3) is 0 Å². The molecular formula is C21H33N3O4. The Morgan fingerprint density at radius 2 is 2.04 bits per heavy atom. The van der Waals surface area contributed by atoms with Crippen molar-refractivity contribution in [3.63, 3.8) is 0 Å². The zero-order chi connectivity index (χ0) is 20.9. The lowest BCUT2D eigenvalue weighted by Gasteiger charge is -2.36. The van der Waals surface area contributed by atoms with E-state index in [9.17, 15) is 9.59 Å². The minimum absolute atomic E-state index is 0.0484. The number of aryl methyl sites for hydroxylation is 2. The van der Waals surface area contributed by atoms with Gasteiger partial charge in [0.15, 0.2) is 0 Å². The van der Waals surface area contributed by atoms with Crippen molar-refractivity contribution in [2.24, 2.45) is 0 Å². The molecule has 2 N–H and O–H groups in total. The first-order valence-electron chi connectivity index (χ1n) is 9.76. The summed E-state index contributed by atoms with van der Waals surface area (Å²) in [5.41, 5.74) is 2.50. The SMILES string of the molecule is Cc1ccc(NC(=O)[C@H](C)N2CCO[C@@H](CNC(=O)OC(C)(C)C)C2)c(C)c1. The van der Waals surface area contributed by atoms with Crippen molar-refractivity contribution in [1.29, 1.82) is 0 Å². The second-order valence-corrected chi connectivity index (χ2v) is 8.35. The molecule has 0 saturated carbocycles. The average molecular weight is 392 g/mol. The van der Waals surface area contributed by atoms with Crippen LogP contribution in [0.3, 0.4) is 0 Å². The summed E-state index contributed by atoms with van der Waals surface area (Å²) in [4.78, 5) is 26.6. The van der Waals surface area contributed by atoms with E-state index in [2.05, 4.69) is 15.5 Å². The van der Waals surface area contributed by atoms with Gasteiger partial charge in [0.2, 0.25) is 5.91 Å². The number of hydrogen-bond donors (Lipinski definition) is 2. The Balaban J connectivity index is 1.86. The summed E-state index contributed by atoms with van der Waals surface area (Å²) in [5.74, 6) is -0.0484. The predicted molar refractivity (Wildman–Crippen MR) is 110 cm³/mol. The number of carbonyl (C=O) groups is 2. The molecular weight excluding hydrogens is 358 g/mol. The zero-order valence-electron chi connectivity index (χ0n) is 17.8. The summed E-state index contributed by atoms with van der Waals surface area (Å²) < 4.78 is 11.0. The van der Waals surface area contributed by atoms with Crippen molar-refractivity contribution in [2.75, 3.05) is 31.6 Å². The molecule has 2 rings (SSSR count). The quantitative estimate of drug-likeness (QED) is 0.807. The van der Waals surface area contributed by atoms with Gasteiger partial charge < -0.3 is 20.1 Å². The smallest absolute Gasteiger partial charge is 0.407 e.